The van der Waals surface area contributed by atoms with Gasteiger partial charge in [-0.05, 0) is 54.3 Å². The molecule has 0 fully saturated rings. The number of hydrogen-bond donors (Lipinski definition) is 0. The molecular weight excluding hydrogens is 350 g/mol. The maximum absolute atomic E-state index is 12.7. The molecule has 23 heavy (non-hydrogen) atoms. The fourth-order valence-electron chi connectivity index (χ4n) is 2.30. The van der Waals surface area contributed by atoms with E-state index in [1.54, 1.807) is 27.9 Å². The number of hydrogen-bond acceptors (Lipinski definition) is 5. The Labute approximate surface area is 144 Å². The van der Waals surface area contributed by atoms with Crippen molar-refractivity contribution in [3.05, 3.63) is 66.1 Å². The molecule has 0 N–H and O–H groups in total. The van der Waals surface area contributed by atoms with Crippen molar-refractivity contribution in [2.75, 3.05) is 0 Å². The largest absolute Gasteiger partial charge is 0.276 e. The molecule has 0 radical (unpaired) electrons. The van der Waals surface area contributed by atoms with Gasteiger partial charge in [-0.15, -0.1) is 21.5 Å². The quantitative estimate of drug-likeness (QED) is 0.551. The predicted molar refractivity (Wildman–Crippen MR) is 95.4 cm³/mol. The van der Waals surface area contributed by atoms with E-state index in [1.165, 1.54) is 11.3 Å². The van der Waals surface area contributed by atoms with Gasteiger partial charge in [0.15, 0.2) is 5.82 Å². The van der Waals surface area contributed by atoms with Crippen molar-refractivity contribution in [3.63, 3.8) is 0 Å². The van der Waals surface area contributed by atoms with E-state index in [0.29, 0.717) is 20.3 Å². The van der Waals surface area contributed by atoms with Crippen LogP contribution in [-0.4, -0.2) is 14.6 Å². The fraction of sp³-hybridized carbons (Fsp3) is 0.0625. The summed E-state index contributed by atoms with van der Waals surface area (Å²) in [5.74, 6) is 0.542. The summed E-state index contributed by atoms with van der Waals surface area (Å²) in [4.78, 5) is 14.4. The summed E-state index contributed by atoms with van der Waals surface area (Å²) in [6.07, 6.45) is 1.92. The smallest absolute Gasteiger partial charge is 0.267 e. The number of thiazole rings is 1. The van der Waals surface area contributed by atoms with Crippen LogP contribution in [0.2, 0.25) is 5.02 Å². The summed E-state index contributed by atoms with van der Waals surface area (Å²) in [6, 6.07) is 9.26. The Hall–Kier alpha value is -2.02. The first-order valence-electron chi connectivity index (χ1n) is 6.83. The van der Waals surface area contributed by atoms with Crippen molar-refractivity contribution in [3.8, 4) is 11.4 Å². The highest BCUT2D eigenvalue weighted by Crippen LogP contribution is 2.20. The zero-order valence-corrected chi connectivity index (χ0v) is 14.4. The van der Waals surface area contributed by atoms with E-state index in [-0.39, 0.29) is 5.56 Å². The zero-order valence-electron chi connectivity index (χ0n) is 12.0. The molecule has 0 aliphatic rings. The second-order valence-corrected chi connectivity index (χ2v) is 7.43. The summed E-state index contributed by atoms with van der Waals surface area (Å²) in [7, 11) is 0. The van der Waals surface area contributed by atoms with Gasteiger partial charge in [0.2, 0.25) is 4.96 Å². The third-order valence-electron chi connectivity index (χ3n) is 3.51. The highest BCUT2D eigenvalue weighted by atomic mass is 35.5. The van der Waals surface area contributed by atoms with E-state index < -0.39 is 0 Å². The van der Waals surface area contributed by atoms with Crippen molar-refractivity contribution in [2.24, 2.45) is 0 Å². The third-order valence-corrected chi connectivity index (χ3v) is 5.69. The van der Waals surface area contributed by atoms with Gasteiger partial charge in [0.25, 0.3) is 5.56 Å². The molecule has 114 valence electrons. The van der Waals surface area contributed by atoms with Crippen LogP contribution in [0.15, 0.2) is 40.5 Å². The molecule has 0 spiro atoms. The maximum Gasteiger partial charge on any atom is 0.276 e. The number of rotatable bonds is 2. The Morgan fingerprint density at radius 1 is 1.17 bits per heavy atom. The topological polar surface area (TPSA) is 47.3 Å². The minimum absolute atomic E-state index is 0.0900. The average molecular weight is 360 g/mol. The van der Waals surface area contributed by atoms with E-state index in [2.05, 4.69) is 10.2 Å². The van der Waals surface area contributed by atoms with Gasteiger partial charge in [-0.25, -0.2) is 4.40 Å². The van der Waals surface area contributed by atoms with Gasteiger partial charge >= 0.3 is 0 Å². The van der Waals surface area contributed by atoms with Gasteiger partial charge in [-0.3, -0.25) is 4.79 Å². The molecule has 3 heterocycles. The lowest BCUT2D eigenvalue weighted by Gasteiger charge is -1.96. The van der Waals surface area contributed by atoms with Crippen molar-refractivity contribution >= 4 is 45.3 Å². The first kappa shape index (κ1) is 14.6. The summed E-state index contributed by atoms with van der Waals surface area (Å²) in [6.45, 7) is 2.03. The summed E-state index contributed by atoms with van der Waals surface area (Å²) >= 11 is 8.89. The second kappa shape index (κ2) is 5.56. The van der Waals surface area contributed by atoms with Crippen LogP contribution in [0.3, 0.4) is 0 Å². The van der Waals surface area contributed by atoms with Crippen molar-refractivity contribution in [1.29, 1.82) is 0 Å². The van der Waals surface area contributed by atoms with Gasteiger partial charge in [-0.2, -0.15) is 0 Å². The van der Waals surface area contributed by atoms with Crippen LogP contribution in [-0.2, 0) is 0 Å². The number of aryl methyl sites for hydroxylation is 1. The first-order chi connectivity index (χ1) is 11.1. The highest BCUT2D eigenvalue weighted by molar-refractivity contribution is 7.15. The molecule has 0 atom stereocenters. The highest BCUT2D eigenvalue weighted by Gasteiger charge is 2.14. The van der Waals surface area contributed by atoms with Crippen LogP contribution in [0.4, 0.5) is 0 Å². The molecule has 4 aromatic rings. The fourth-order valence-corrected chi connectivity index (χ4v) is 4.25. The minimum Gasteiger partial charge on any atom is -0.267 e. The normalized spacial score (nSPS) is 12.3. The van der Waals surface area contributed by atoms with Gasteiger partial charge in [-0.1, -0.05) is 22.9 Å². The molecule has 0 saturated carbocycles. The molecule has 7 heteroatoms. The molecular formula is C16H10ClN3OS2. The lowest BCUT2D eigenvalue weighted by molar-refractivity contribution is 1.09. The summed E-state index contributed by atoms with van der Waals surface area (Å²) in [5, 5.41) is 10.9. The average Bonchev–Trinajstić information content (AvgIpc) is 3.20. The number of benzene rings is 1. The number of halogens is 1. The maximum atomic E-state index is 12.7. The molecule has 3 aromatic heterocycles. The van der Waals surface area contributed by atoms with Gasteiger partial charge in [0, 0.05) is 15.5 Å². The zero-order chi connectivity index (χ0) is 16.0. The van der Waals surface area contributed by atoms with E-state index >= 15 is 0 Å². The van der Waals surface area contributed by atoms with E-state index in [9.17, 15) is 4.79 Å². The van der Waals surface area contributed by atoms with Gasteiger partial charge in [0.05, 0.1) is 4.53 Å². The van der Waals surface area contributed by atoms with Crippen LogP contribution in [0.25, 0.3) is 22.4 Å². The Bertz CT molecular complexity index is 1110. The van der Waals surface area contributed by atoms with E-state index in [1.807, 2.05) is 36.6 Å². The van der Waals surface area contributed by atoms with Gasteiger partial charge in [0.1, 0.15) is 0 Å². The van der Waals surface area contributed by atoms with Crippen LogP contribution in [0, 0.1) is 6.92 Å². The van der Waals surface area contributed by atoms with Crippen molar-refractivity contribution < 1.29 is 0 Å². The number of fused-ring (bicyclic) bond motifs is 1. The standard InChI is InChI=1S/C16H10ClN3OS2/c1-9-6-7-22-12(9)8-13-15(21)20-14(18-19-16(20)23-13)10-2-4-11(17)5-3-10/h2-8H,1H3. The summed E-state index contributed by atoms with van der Waals surface area (Å²) < 4.78 is 2.22. The van der Waals surface area contributed by atoms with E-state index in [4.69, 9.17) is 11.6 Å². The molecule has 0 saturated heterocycles. The molecule has 0 bridgehead atoms. The molecule has 4 nitrogen and oxygen atoms in total. The number of nitrogens with zero attached hydrogens (tertiary/aromatic N) is 3. The van der Waals surface area contributed by atoms with Crippen molar-refractivity contribution in [2.45, 2.75) is 6.92 Å². The monoisotopic (exact) mass is 359 g/mol. The van der Waals surface area contributed by atoms with Crippen molar-refractivity contribution in [1.82, 2.24) is 14.6 Å². The Balaban J connectivity index is 1.94. The predicted octanol–water partition coefficient (Wildman–Crippen LogP) is 3.39. The summed E-state index contributed by atoms with van der Waals surface area (Å²) in [5.41, 5.74) is 1.89. The number of aromatic nitrogens is 3. The minimum atomic E-state index is -0.0900. The Kier molecular flexibility index (Phi) is 3.52. The molecule has 1 aromatic carbocycles. The van der Waals surface area contributed by atoms with Crippen LogP contribution in [0.5, 0.6) is 0 Å². The molecule has 0 aliphatic carbocycles. The Morgan fingerprint density at radius 2 is 1.96 bits per heavy atom. The van der Waals surface area contributed by atoms with Crippen LogP contribution >= 0.6 is 34.3 Å². The first-order valence-corrected chi connectivity index (χ1v) is 8.90. The SMILES string of the molecule is Cc1ccsc1C=c1sc2nnc(-c3ccc(Cl)cc3)n2c1=O. The molecule has 0 aliphatic heterocycles. The molecule has 4 rings (SSSR count). The van der Waals surface area contributed by atoms with Gasteiger partial charge < -0.3 is 0 Å². The van der Waals surface area contributed by atoms with E-state index in [0.717, 1.165) is 16.0 Å². The molecule has 0 unspecified atom stereocenters. The van der Waals surface area contributed by atoms with Crippen LogP contribution in [0.1, 0.15) is 10.4 Å². The second-order valence-electron chi connectivity index (χ2n) is 5.03. The molecule has 0 amide bonds. The lowest BCUT2D eigenvalue weighted by atomic mass is 10.2. The lowest BCUT2D eigenvalue weighted by Crippen LogP contribution is -2.23. The number of thiophene rings is 1. The van der Waals surface area contributed by atoms with Crippen LogP contribution < -0.4 is 10.1 Å². The Morgan fingerprint density at radius 3 is 2.65 bits per heavy atom. The third kappa shape index (κ3) is 2.49.